The minimum absolute atomic E-state index is 0.321. The minimum atomic E-state index is 0.321. The van der Waals surface area contributed by atoms with Crippen molar-refractivity contribution >= 4 is 5.95 Å². The number of aromatic nitrogens is 2. The van der Waals surface area contributed by atoms with Crippen LogP contribution < -0.4 is 10.6 Å². The fraction of sp³-hybridized carbons (Fsp3) is 0.667. The third-order valence-electron chi connectivity index (χ3n) is 2.54. The van der Waals surface area contributed by atoms with Gasteiger partial charge in [0.05, 0.1) is 0 Å². The third kappa shape index (κ3) is 1.54. The first-order valence-electron chi connectivity index (χ1n) is 4.83. The summed E-state index contributed by atoms with van der Waals surface area (Å²) in [4.78, 5) is 6.59. The molecule has 0 amide bonds. The zero-order chi connectivity index (χ0) is 9.26. The van der Waals surface area contributed by atoms with Crippen molar-refractivity contribution in [1.29, 1.82) is 0 Å². The Hall–Kier alpha value is -1.03. The first-order chi connectivity index (χ1) is 6.31. The molecule has 0 spiro atoms. The predicted octanol–water partition coefficient (Wildman–Crippen LogP) is 0.440. The van der Waals surface area contributed by atoms with Gasteiger partial charge in [0.25, 0.3) is 0 Å². The van der Waals surface area contributed by atoms with Gasteiger partial charge in [0, 0.05) is 38.1 Å². The summed E-state index contributed by atoms with van der Waals surface area (Å²) >= 11 is 0. The standard InChI is InChI=1S/C9H16N4/c1-2-12-6-4-11-9(12)13-5-3-8(10)7-13/h4,6,8H,2-3,5,7,10H2,1H3. The van der Waals surface area contributed by atoms with Gasteiger partial charge in [0.1, 0.15) is 0 Å². The number of anilines is 1. The second kappa shape index (κ2) is 3.38. The second-order valence-corrected chi connectivity index (χ2v) is 3.51. The molecule has 4 nitrogen and oxygen atoms in total. The van der Waals surface area contributed by atoms with Crippen molar-refractivity contribution in [1.82, 2.24) is 9.55 Å². The first-order valence-corrected chi connectivity index (χ1v) is 4.83. The molecule has 1 saturated heterocycles. The topological polar surface area (TPSA) is 47.1 Å². The Morgan fingerprint density at radius 2 is 2.54 bits per heavy atom. The van der Waals surface area contributed by atoms with Crippen LogP contribution in [0.4, 0.5) is 5.95 Å². The number of aryl methyl sites for hydroxylation is 1. The summed E-state index contributed by atoms with van der Waals surface area (Å²) in [6.07, 6.45) is 4.94. The molecular weight excluding hydrogens is 164 g/mol. The van der Waals surface area contributed by atoms with Crippen LogP contribution in [0.15, 0.2) is 12.4 Å². The van der Waals surface area contributed by atoms with Crippen LogP contribution in [0.25, 0.3) is 0 Å². The SMILES string of the molecule is CCn1ccnc1N1CCC(N)C1. The van der Waals surface area contributed by atoms with Gasteiger partial charge < -0.3 is 15.2 Å². The van der Waals surface area contributed by atoms with Gasteiger partial charge >= 0.3 is 0 Å². The highest BCUT2D eigenvalue weighted by Crippen LogP contribution is 2.17. The van der Waals surface area contributed by atoms with Gasteiger partial charge in [-0.25, -0.2) is 4.98 Å². The molecule has 1 aliphatic rings. The summed E-state index contributed by atoms with van der Waals surface area (Å²) < 4.78 is 2.15. The van der Waals surface area contributed by atoms with Crippen molar-refractivity contribution in [3.05, 3.63) is 12.4 Å². The maximum Gasteiger partial charge on any atom is 0.205 e. The van der Waals surface area contributed by atoms with Gasteiger partial charge in [0.2, 0.25) is 5.95 Å². The molecule has 1 aliphatic heterocycles. The smallest absolute Gasteiger partial charge is 0.205 e. The fourth-order valence-electron chi connectivity index (χ4n) is 1.80. The van der Waals surface area contributed by atoms with E-state index >= 15 is 0 Å². The lowest BCUT2D eigenvalue weighted by Crippen LogP contribution is -2.28. The Kier molecular flexibility index (Phi) is 2.22. The summed E-state index contributed by atoms with van der Waals surface area (Å²) in [6, 6.07) is 0.321. The fourth-order valence-corrected chi connectivity index (χ4v) is 1.80. The van der Waals surface area contributed by atoms with Crippen molar-refractivity contribution < 1.29 is 0 Å². The lowest BCUT2D eigenvalue weighted by Gasteiger charge is -2.17. The Bertz CT molecular complexity index is 281. The second-order valence-electron chi connectivity index (χ2n) is 3.51. The number of nitrogens with two attached hydrogens (primary N) is 1. The van der Waals surface area contributed by atoms with E-state index in [4.69, 9.17) is 5.73 Å². The predicted molar refractivity (Wildman–Crippen MR) is 52.7 cm³/mol. The van der Waals surface area contributed by atoms with Crippen LogP contribution in [0.5, 0.6) is 0 Å². The maximum atomic E-state index is 5.84. The van der Waals surface area contributed by atoms with E-state index in [0.29, 0.717) is 6.04 Å². The molecule has 0 bridgehead atoms. The normalized spacial score (nSPS) is 22.6. The van der Waals surface area contributed by atoms with Crippen LogP contribution >= 0.6 is 0 Å². The number of imidazole rings is 1. The molecule has 4 heteroatoms. The molecule has 13 heavy (non-hydrogen) atoms. The van der Waals surface area contributed by atoms with Crippen molar-refractivity contribution in [2.24, 2.45) is 5.73 Å². The van der Waals surface area contributed by atoms with E-state index in [1.165, 1.54) is 0 Å². The number of nitrogens with zero attached hydrogens (tertiary/aromatic N) is 3. The summed E-state index contributed by atoms with van der Waals surface area (Å²) in [7, 11) is 0. The summed E-state index contributed by atoms with van der Waals surface area (Å²) in [6.45, 7) is 5.08. The van der Waals surface area contributed by atoms with E-state index < -0.39 is 0 Å². The van der Waals surface area contributed by atoms with Crippen LogP contribution in [-0.2, 0) is 6.54 Å². The number of hydrogen-bond donors (Lipinski definition) is 1. The Balaban J connectivity index is 2.16. The lowest BCUT2D eigenvalue weighted by atomic mass is 10.3. The van der Waals surface area contributed by atoms with Gasteiger partial charge in [-0.15, -0.1) is 0 Å². The first kappa shape index (κ1) is 8.56. The maximum absolute atomic E-state index is 5.84. The van der Waals surface area contributed by atoms with Gasteiger partial charge in [-0.2, -0.15) is 0 Å². The molecule has 2 N–H and O–H groups in total. The molecule has 0 radical (unpaired) electrons. The van der Waals surface area contributed by atoms with E-state index in [1.54, 1.807) is 0 Å². The zero-order valence-electron chi connectivity index (χ0n) is 7.98. The van der Waals surface area contributed by atoms with Gasteiger partial charge in [-0.3, -0.25) is 0 Å². The van der Waals surface area contributed by atoms with Crippen LogP contribution in [0, 0.1) is 0 Å². The van der Waals surface area contributed by atoms with Crippen molar-refractivity contribution in [2.75, 3.05) is 18.0 Å². The van der Waals surface area contributed by atoms with Crippen LogP contribution in [0.1, 0.15) is 13.3 Å². The van der Waals surface area contributed by atoms with Crippen molar-refractivity contribution in [3.63, 3.8) is 0 Å². The molecule has 2 heterocycles. The quantitative estimate of drug-likeness (QED) is 0.718. The number of hydrogen-bond acceptors (Lipinski definition) is 3. The van der Waals surface area contributed by atoms with Crippen molar-refractivity contribution in [3.8, 4) is 0 Å². The minimum Gasteiger partial charge on any atom is -0.341 e. The van der Waals surface area contributed by atoms with Gasteiger partial charge in [-0.1, -0.05) is 0 Å². The zero-order valence-corrected chi connectivity index (χ0v) is 7.98. The monoisotopic (exact) mass is 180 g/mol. The van der Waals surface area contributed by atoms with E-state index in [0.717, 1.165) is 32.0 Å². The molecule has 2 rings (SSSR count). The van der Waals surface area contributed by atoms with Crippen LogP contribution in [-0.4, -0.2) is 28.7 Å². The van der Waals surface area contributed by atoms with Gasteiger partial charge in [0.15, 0.2) is 0 Å². The number of rotatable bonds is 2. The molecule has 72 valence electrons. The van der Waals surface area contributed by atoms with E-state index in [9.17, 15) is 0 Å². The molecule has 1 atom stereocenters. The summed E-state index contributed by atoms with van der Waals surface area (Å²) in [5.41, 5.74) is 5.84. The molecule has 0 aliphatic carbocycles. The van der Waals surface area contributed by atoms with Crippen LogP contribution in [0.2, 0.25) is 0 Å². The van der Waals surface area contributed by atoms with Crippen molar-refractivity contribution in [2.45, 2.75) is 25.9 Å². The molecule has 0 aromatic carbocycles. The van der Waals surface area contributed by atoms with Gasteiger partial charge in [-0.05, 0) is 13.3 Å². The Morgan fingerprint density at radius 1 is 1.69 bits per heavy atom. The molecule has 1 aromatic rings. The third-order valence-corrected chi connectivity index (χ3v) is 2.54. The van der Waals surface area contributed by atoms with E-state index in [1.807, 2.05) is 12.4 Å². The summed E-state index contributed by atoms with van der Waals surface area (Å²) in [5.74, 6) is 1.07. The van der Waals surface area contributed by atoms with Crippen LogP contribution in [0.3, 0.4) is 0 Å². The Morgan fingerprint density at radius 3 is 3.15 bits per heavy atom. The molecule has 1 fully saturated rings. The van der Waals surface area contributed by atoms with E-state index in [2.05, 4.69) is 21.4 Å². The molecule has 1 unspecified atom stereocenters. The molecule has 1 aromatic heterocycles. The lowest BCUT2D eigenvalue weighted by molar-refractivity contribution is 0.720. The molecule has 0 saturated carbocycles. The average Bonchev–Trinajstić information content (AvgIpc) is 2.71. The highest BCUT2D eigenvalue weighted by atomic mass is 15.3. The Labute approximate surface area is 78.4 Å². The highest BCUT2D eigenvalue weighted by molar-refractivity contribution is 5.33. The largest absolute Gasteiger partial charge is 0.341 e. The molecular formula is C9H16N4. The summed E-state index contributed by atoms with van der Waals surface area (Å²) in [5, 5.41) is 0. The highest BCUT2D eigenvalue weighted by Gasteiger charge is 2.21. The average molecular weight is 180 g/mol. The van der Waals surface area contributed by atoms with E-state index in [-0.39, 0.29) is 0 Å².